The van der Waals surface area contributed by atoms with Gasteiger partial charge in [-0.2, -0.15) is 0 Å². The van der Waals surface area contributed by atoms with Crippen molar-refractivity contribution >= 4 is 0 Å². The Morgan fingerprint density at radius 1 is 1.24 bits per heavy atom. The first-order valence-electron chi connectivity index (χ1n) is 8.61. The monoisotopic (exact) mass is 298 g/mol. The molecule has 0 bridgehead atoms. The van der Waals surface area contributed by atoms with Crippen molar-refractivity contribution in [2.24, 2.45) is 11.8 Å². The van der Waals surface area contributed by atoms with Crippen LogP contribution in [-0.4, -0.2) is 63.0 Å². The molecule has 0 radical (unpaired) electrons. The highest BCUT2D eigenvalue weighted by Crippen LogP contribution is 2.41. The molecule has 0 aromatic carbocycles. The third kappa shape index (κ3) is 5.20. The van der Waals surface area contributed by atoms with Crippen LogP contribution >= 0.6 is 0 Å². The van der Waals surface area contributed by atoms with Crippen molar-refractivity contribution in [1.82, 2.24) is 10.2 Å². The van der Waals surface area contributed by atoms with Crippen molar-refractivity contribution in [3.05, 3.63) is 0 Å². The van der Waals surface area contributed by atoms with Gasteiger partial charge in [0, 0.05) is 38.3 Å². The van der Waals surface area contributed by atoms with E-state index in [4.69, 9.17) is 9.47 Å². The molecule has 21 heavy (non-hydrogen) atoms. The Balaban J connectivity index is 1.83. The van der Waals surface area contributed by atoms with Gasteiger partial charge >= 0.3 is 0 Å². The minimum Gasteiger partial charge on any atom is -0.382 e. The number of hydrogen-bond acceptors (Lipinski definition) is 4. The Morgan fingerprint density at radius 3 is 2.62 bits per heavy atom. The zero-order valence-electron chi connectivity index (χ0n) is 14.4. The van der Waals surface area contributed by atoms with E-state index in [1.54, 1.807) is 7.11 Å². The first kappa shape index (κ1) is 17.2. The summed E-state index contributed by atoms with van der Waals surface area (Å²) in [7, 11) is 1.72. The van der Waals surface area contributed by atoms with Crippen molar-refractivity contribution < 1.29 is 9.47 Å². The van der Waals surface area contributed by atoms with Gasteiger partial charge in [0.15, 0.2) is 0 Å². The second-order valence-corrected chi connectivity index (χ2v) is 7.43. The van der Waals surface area contributed by atoms with Gasteiger partial charge in [-0.1, -0.05) is 13.8 Å². The molecule has 0 amide bonds. The second-order valence-electron chi connectivity index (χ2n) is 7.43. The van der Waals surface area contributed by atoms with Crippen LogP contribution in [0.1, 0.15) is 40.0 Å². The van der Waals surface area contributed by atoms with Crippen LogP contribution in [0.5, 0.6) is 0 Å². The Bertz CT molecular complexity index is 307. The van der Waals surface area contributed by atoms with Gasteiger partial charge in [-0.15, -0.1) is 0 Å². The number of nitrogens with zero attached hydrogens (tertiary/aromatic N) is 1. The molecular formula is C17H34N2O2. The molecule has 1 aliphatic heterocycles. The van der Waals surface area contributed by atoms with E-state index in [0.717, 1.165) is 31.5 Å². The first-order chi connectivity index (χ1) is 10.0. The fourth-order valence-electron chi connectivity index (χ4n) is 3.55. The van der Waals surface area contributed by atoms with Crippen molar-refractivity contribution in [3.63, 3.8) is 0 Å². The van der Waals surface area contributed by atoms with Gasteiger partial charge in [-0.3, -0.25) is 4.90 Å². The minimum atomic E-state index is 0.319. The van der Waals surface area contributed by atoms with E-state index in [0.29, 0.717) is 24.8 Å². The maximum Gasteiger partial charge on any atom is 0.0700 e. The lowest BCUT2D eigenvalue weighted by molar-refractivity contribution is 0.0189. The van der Waals surface area contributed by atoms with Crippen LogP contribution in [0.15, 0.2) is 0 Å². The molecule has 124 valence electrons. The number of ether oxygens (including phenoxy) is 2. The summed E-state index contributed by atoms with van der Waals surface area (Å²) in [4.78, 5) is 2.67. The van der Waals surface area contributed by atoms with Crippen LogP contribution in [0, 0.1) is 11.8 Å². The van der Waals surface area contributed by atoms with Gasteiger partial charge < -0.3 is 14.8 Å². The van der Waals surface area contributed by atoms with Crippen LogP contribution in [0.2, 0.25) is 0 Å². The number of piperazine rings is 1. The van der Waals surface area contributed by atoms with Crippen molar-refractivity contribution in [3.8, 4) is 0 Å². The molecule has 0 spiro atoms. The third-order valence-corrected chi connectivity index (χ3v) is 4.97. The van der Waals surface area contributed by atoms with Crippen molar-refractivity contribution in [2.45, 2.75) is 51.6 Å². The standard InChI is InChI=1S/C17H34N2O2/c1-14(2)11-16-12-18-17(3,15-5-6-15)13-19(16)7-8-21-10-9-20-4/h14-16,18H,5-13H2,1-4H3. The molecule has 4 heteroatoms. The van der Waals surface area contributed by atoms with Crippen LogP contribution in [0.3, 0.4) is 0 Å². The van der Waals surface area contributed by atoms with Crippen LogP contribution in [0.4, 0.5) is 0 Å². The fraction of sp³-hybridized carbons (Fsp3) is 1.00. The fourth-order valence-corrected chi connectivity index (χ4v) is 3.55. The summed E-state index contributed by atoms with van der Waals surface area (Å²) in [6.45, 7) is 12.6. The van der Waals surface area contributed by atoms with E-state index in [-0.39, 0.29) is 0 Å². The molecule has 1 aliphatic carbocycles. The Kier molecular flexibility index (Phi) is 6.48. The zero-order chi connectivity index (χ0) is 15.3. The molecule has 2 unspecified atom stereocenters. The lowest BCUT2D eigenvalue weighted by Gasteiger charge is -2.47. The molecule has 4 nitrogen and oxygen atoms in total. The molecular weight excluding hydrogens is 264 g/mol. The summed E-state index contributed by atoms with van der Waals surface area (Å²) in [5.74, 6) is 1.63. The molecule has 0 aromatic heterocycles. The largest absolute Gasteiger partial charge is 0.382 e. The smallest absolute Gasteiger partial charge is 0.0700 e. The molecule has 0 aromatic rings. The highest BCUT2D eigenvalue weighted by atomic mass is 16.5. The molecule has 2 atom stereocenters. The number of hydrogen-bond donors (Lipinski definition) is 1. The minimum absolute atomic E-state index is 0.319. The molecule has 2 aliphatic rings. The second kappa shape index (κ2) is 7.91. The Labute approximate surface area is 130 Å². The van der Waals surface area contributed by atoms with E-state index < -0.39 is 0 Å². The summed E-state index contributed by atoms with van der Waals surface area (Å²) in [5.41, 5.74) is 0.319. The normalized spacial score (nSPS) is 31.0. The van der Waals surface area contributed by atoms with Crippen LogP contribution < -0.4 is 5.32 Å². The van der Waals surface area contributed by atoms with E-state index in [9.17, 15) is 0 Å². The lowest BCUT2D eigenvalue weighted by Crippen LogP contribution is -2.64. The SMILES string of the molecule is COCCOCCN1CC(C)(C2CC2)NCC1CC(C)C. The lowest BCUT2D eigenvalue weighted by atomic mass is 9.89. The van der Waals surface area contributed by atoms with Gasteiger partial charge in [-0.05, 0) is 38.0 Å². The Hall–Kier alpha value is -0.160. The molecule has 2 fully saturated rings. The van der Waals surface area contributed by atoms with Crippen LogP contribution in [-0.2, 0) is 9.47 Å². The molecule has 1 saturated heterocycles. The summed E-state index contributed by atoms with van der Waals surface area (Å²) in [6.07, 6.45) is 4.07. The van der Waals surface area contributed by atoms with E-state index in [2.05, 4.69) is 31.0 Å². The number of nitrogens with one attached hydrogen (secondary N) is 1. The third-order valence-electron chi connectivity index (χ3n) is 4.97. The average Bonchev–Trinajstić information content (AvgIpc) is 3.26. The Morgan fingerprint density at radius 2 is 2.00 bits per heavy atom. The van der Waals surface area contributed by atoms with Gasteiger partial charge in [0.1, 0.15) is 0 Å². The van der Waals surface area contributed by atoms with Gasteiger partial charge in [-0.25, -0.2) is 0 Å². The van der Waals surface area contributed by atoms with Gasteiger partial charge in [0.25, 0.3) is 0 Å². The maximum absolute atomic E-state index is 5.69. The van der Waals surface area contributed by atoms with Crippen LogP contribution in [0.25, 0.3) is 0 Å². The highest BCUT2D eigenvalue weighted by molar-refractivity contribution is 5.04. The maximum atomic E-state index is 5.69. The van der Waals surface area contributed by atoms with E-state index in [1.165, 1.54) is 25.8 Å². The van der Waals surface area contributed by atoms with E-state index >= 15 is 0 Å². The number of rotatable bonds is 9. The summed E-state index contributed by atoms with van der Waals surface area (Å²) >= 11 is 0. The number of methoxy groups -OCH3 is 1. The molecule has 1 N–H and O–H groups in total. The topological polar surface area (TPSA) is 33.7 Å². The first-order valence-corrected chi connectivity index (χ1v) is 8.61. The summed E-state index contributed by atoms with van der Waals surface area (Å²) in [5, 5.41) is 3.85. The van der Waals surface area contributed by atoms with Crippen molar-refractivity contribution in [2.75, 3.05) is 46.6 Å². The van der Waals surface area contributed by atoms with Gasteiger partial charge in [0.2, 0.25) is 0 Å². The van der Waals surface area contributed by atoms with Gasteiger partial charge in [0.05, 0.1) is 19.8 Å². The average molecular weight is 298 g/mol. The zero-order valence-corrected chi connectivity index (χ0v) is 14.4. The quantitative estimate of drug-likeness (QED) is 0.661. The van der Waals surface area contributed by atoms with Crippen molar-refractivity contribution in [1.29, 1.82) is 0 Å². The molecule has 1 saturated carbocycles. The summed E-state index contributed by atoms with van der Waals surface area (Å²) < 4.78 is 10.7. The highest BCUT2D eigenvalue weighted by Gasteiger charge is 2.45. The summed E-state index contributed by atoms with van der Waals surface area (Å²) in [6, 6.07) is 0.655. The molecule has 1 heterocycles. The predicted octanol–water partition coefficient (Wildman–Crippen LogP) is 2.14. The predicted molar refractivity (Wildman–Crippen MR) is 86.6 cm³/mol. The molecule has 2 rings (SSSR count). The van der Waals surface area contributed by atoms with E-state index in [1.807, 2.05) is 0 Å².